The zero-order chi connectivity index (χ0) is 36.6. The number of fused-ring (bicyclic) bond motifs is 4. The maximum atomic E-state index is 14.7. The van der Waals surface area contributed by atoms with E-state index in [0.717, 1.165) is 57.8 Å². The second-order valence-corrected chi connectivity index (χ2v) is 17.3. The van der Waals surface area contributed by atoms with Crippen LogP contribution in [0.25, 0.3) is 0 Å². The first kappa shape index (κ1) is 36.2. The molecule has 52 heavy (non-hydrogen) atoms. The molecule has 0 radical (unpaired) electrons. The Morgan fingerprint density at radius 2 is 1.73 bits per heavy atom. The van der Waals surface area contributed by atoms with E-state index in [-0.39, 0.29) is 55.3 Å². The van der Waals surface area contributed by atoms with Crippen LogP contribution in [0.5, 0.6) is 5.88 Å². The van der Waals surface area contributed by atoms with Crippen LogP contribution in [0.3, 0.4) is 0 Å². The molecule has 14 nitrogen and oxygen atoms in total. The number of ether oxygens (including phenoxy) is 2. The molecule has 1 aromatic rings. The van der Waals surface area contributed by atoms with Gasteiger partial charge in [0, 0.05) is 24.9 Å². The minimum Gasteiger partial charge on any atom is -0.473 e. The topological polar surface area (TPSA) is 182 Å². The Morgan fingerprint density at radius 3 is 2.46 bits per heavy atom. The van der Waals surface area contributed by atoms with Crippen LogP contribution in [0.4, 0.5) is 4.79 Å². The van der Waals surface area contributed by atoms with Crippen LogP contribution in [0, 0.1) is 17.8 Å². The average Bonchev–Trinajstić information content (AvgIpc) is 3.90. The van der Waals surface area contributed by atoms with E-state index in [1.165, 1.54) is 21.6 Å². The van der Waals surface area contributed by atoms with Crippen LogP contribution in [0.15, 0.2) is 47.8 Å². The van der Waals surface area contributed by atoms with Gasteiger partial charge in [0.05, 0.1) is 11.8 Å². The van der Waals surface area contributed by atoms with Crippen molar-refractivity contribution in [2.75, 3.05) is 6.54 Å². The molecule has 0 unspecified atom stereocenters. The van der Waals surface area contributed by atoms with Crippen LogP contribution in [0.1, 0.15) is 83.5 Å². The fraction of sp³-hybridized carbons (Fsp3) is 0.649. The first-order valence-corrected chi connectivity index (χ1v) is 20.3. The summed E-state index contributed by atoms with van der Waals surface area (Å²) in [6.45, 7) is 4.01. The van der Waals surface area contributed by atoms with E-state index in [4.69, 9.17) is 9.47 Å². The van der Waals surface area contributed by atoms with Crippen LogP contribution < -0.4 is 25.7 Å². The van der Waals surface area contributed by atoms with Crippen LogP contribution >= 0.6 is 0 Å². The minimum absolute atomic E-state index is 0.0267. The highest BCUT2D eigenvalue weighted by Gasteiger charge is 2.62. The summed E-state index contributed by atoms with van der Waals surface area (Å²) in [5.41, 5.74) is -1.80. The van der Waals surface area contributed by atoms with Crippen molar-refractivity contribution in [2.24, 2.45) is 17.8 Å². The summed E-state index contributed by atoms with van der Waals surface area (Å²) in [6.07, 6.45) is 12.3. The van der Waals surface area contributed by atoms with E-state index in [2.05, 4.69) is 21.9 Å². The monoisotopic (exact) mass is 739 g/mol. The average molecular weight is 740 g/mol. The highest BCUT2D eigenvalue weighted by molar-refractivity contribution is 7.91. The highest BCUT2D eigenvalue weighted by atomic mass is 32.2. The van der Waals surface area contributed by atoms with Gasteiger partial charge in [0.1, 0.15) is 29.8 Å². The smallest absolute Gasteiger partial charge is 0.408 e. The Bertz CT molecular complexity index is 1780. The molecule has 282 valence electrons. The number of aromatic nitrogens is 1. The standard InChI is InChI=1S/C37H49N5O9S/c1-2-25-21-37(25,35(46)40-52(48,49)27-17-18-27)39-33(44)28-20-26-22-42(28)34(45)32(24-11-5-6-12-24)38-36(47)51-29-14-8-13-23(29)10-4-3-7-19-41-30(43)15-9-16-31(41)50-26/h2-3,7,9,15-16,23-29,32H,1,4-6,8,10-14,17-22H2,(H,38,47)(H,39,44)(H,40,46)/b7-3+/t23-,25-,26-,28+,29-,32+,37+/m1/s1. The van der Waals surface area contributed by atoms with E-state index in [1.54, 1.807) is 12.1 Å². The number of hydrogen-bond acceptors (Lipinski definition) is 9. The van der Waals surface area contributed by atoms with Crippen LogP contribution in [0.2, 0.25) is 0 Å². The molecular formula is C37H49N5O9S. The van der Waals surface area contributed by atoms with E-state index >= 15 is 0 Å². The zero-order valence-electron chi connectivity index (χ0n) is 29.4. The molecule has 3 N–H and O–H groups in total. The van der Waals surface area contributed by atoms with Gasteiger partial charge < -0.3 is 25.0 Å². The molecule has 1 aromatic heterocycles. The Morgan fingerprint density at radius 1 is 0.962 bits per heavy atom. The van der Waals surface area contributed by atoms with Gasteiger partial charge in [-0.1, -0.05) is 37.1 Å². The molecule has 4 saturated carbocycles. The molecule has 4 aliphatic carbocycles. The number of rotatable bonds is 7. The molecule has 3 heterocycles. The maximum Gasteiger partial charge on any atom is 0.408 e. The Labute approximate surface area is 303 Å². The van der Waals surface area contributed by atoms with Gasteiger partial charge in [-0.05, 0) is 82.1 Å². The van der Waals surface area contributed by atoms with Gasteiger partial charge in [-0.2, -0.15) is 0 Å². The third-order valence-electron chi connectivity index (χ3n) is 11.8. The Kier molecular flexibility index (Phi) is 10.2. The fourth-order valence-corrected chi connectivity index (χ4v) is 9.96. The Balaban J connectivity index is 1.20. The van der Waals surface area contributed by atoms with E-state index in [0.29, 0.717) is 12.8 Å². The summed E-state index contributed by atoms with van der Waals surface area (Å²) in [7, 11) is -3.89. The summed E-state index contributed by atoms with van der Waals surface area (Å²) in [4.78, 5) is 70.3. The molecule has 0 spiro atoms. The van der Waals surface area contributed by atoms with Gasteiger partial charge >= 0.3 is 6.09 Å². The number of hydrogen-bond donors (Lipinski definition) is 3. The summed E-state index contributed by atoms with van der Waals surface area (Å²) >= 11 is 0. The van der Waals surface area contributed by atoms with Crippen molar-refractivity contribution >= 4 is 33.8 Å². The number of amides is 4. The molecule has 6 aliphatic rings. The quantitative estimate of drug-likeness (QED) is 0.354. The minimum atomic E-state index is -3.89. The first-order chi connectivity index (χ1) is 25.0. The van der Waals surface area contributed by atoms with Crippen molar-refractivity contribution < 1.29 is 37.1 Å². The summed E-state index contributed by atoms with van der Waals surface area (Å²) in [6, 6.07) is 2.64. The lowest BCUT2D eigenvalue weighted by Gasteiger charge is -2.32. The van der Waals surface area contributed by atoms with Gasteiger partial charge in [0.15, 0.2) is 5.88 Å². The maximum absolute atomic E-state index is 14.7. The molecule has 5 fully saturated rings. The second kappa shape index (κ2) is 14.7. The summed E-state index contributed by atoms with van der Waals surface area (Å²) in [5.74, 6) is -2.17. The van der Waals surface area contributed by atoms with Crippen molar-refractivity contribution in [1.29, 1.82) is 0 Å². The fourth-order valence-electron chi connectivity index (χ4n) is 8.59. The zero-order valence-corrected chi connectivity index (χ0v) is 30.2. The van der Waals surface area contributed by atoms with Gasteiger partial charge in [0.2, 0.25) is 21.8 Å². The normalized spacial score (nSPS) is 33.3. The number of sulfonamides is 1. The van der Waals surface area contributed by atoms with E-state index in [9.17, 15) is 32.4 Å². The lowest BCUT2D eigenvalue weighted by molar-refractivity contribution is -0.142. The van der Waals surface area contributed by atoms with Crippen LogP contribution in [-0.2, 0) is 35.7 Å². The molecule has 2 bridgehead atoms. The highest BCUT2D eigenvalue weighted by Crippen LogP contribution is 2.45. The molecule has 7 rings (SSSR count). The number of nitrogens with one attached hydrogen (secondary N) is 3. The SMILES string of the molecule is C=C[C@@H]1C[C@@]1(NC(=O)[C@@H]1C[C@@H]2CN1C(=O)[C@H](C1CCCC1)NC(=O)O[C@@H]1CCC[C@H]1CC/C=C/Cn1c(cccc1=O)O2)C(=O)NS(=O)(=O)C1CC1. The second-order valence-electron chi connectivity index (χ2n) is 15.3. The van der Waals surface area contributed by atoms with Crippen molar-refractivity contribution in [2.45, 2.75) is 125 Å². The first-order valence-electron chi connectivity index (χ1n) is 18.8. The number of alkyl carbamates (subject to hydrolysis) is 1. The summed E-state index contributed by atoms with van der Waals surface area (Å²) < 4.78 is 41.4. The number of carbonyl (C=O) groups excluding carboxylic acids is 4. The summed E-state index contributed by atoms with van der Waals surface area (Å²) in [5, 5.41) is 5.07. The Hall–Kier alpha value is -4.14. The molecule has 4 amide bonds. The third-order valence-corrected chi connectivity index (χ3v) is 13.6. The predicted molar refractivity (Wildman–Crippen MR) is 189 cm³/mol. The number of carbonyl (C=O) groups is 4. The lowest BCUT2D eigenvalue weighted by atomic mass is 9.96. The van der Waals surface area contributed by atoms with Crippen molar-refractivity contribution in [3.8, 4) is 5.88 Å². The van der Waals surface area contributed by atoms with Crippen LogP contribution in [-0.4, -0.2) is 83.3 Å². The van der Waals surface area contributed by atoms with E-state index in [1.807, 2.05) is 12.2 Å². The number of allylic oxidation sites excluding steroid dienone is 2. The molecule has 7 atom stereocenters. The largest absolute Gasteiger partial charge is 0.473 e. The van der Waals surface area contributed by atoms with Gasteiger partial charge in [-0.25, -0.2) is 13.2 Å². The molecular weight excluding hydrogens is 691 g/mol. The number of pyridine rings is 1. The third kappa shape index (κ3) is 7.51. The molecule has 2 aliphatic heterocycles. The van der Waals surface area contributed by atoms with E-state index < -0.39 is 68.7 Å². The molecule has 15 heteroatoms. The number of nitrogens with zero attached hydrogens (tertiary/aromatic N) is 2. The molecule has 0 aromatic carbocycles. The van der Waals surface area contributed by atoms with Gasteiger partial charge in [-0.3, -0.25) is 28.5 Å². The lowest BCUT2D eigenvalue weighted by Crippen LogP contribution is -2.59. The van der Waals surface area contributed by atoms with Crippen molar-refractivity contribution in [3.63, 3.8) is 0 Å². The van der Waals surface area contributed by atoms with Crippen molar-refractivity contribution in [3.05, 3.63) is 53.4 Å². The predicted octanol–water partition coefficient (Wildman–Crippen LogP) is 2.67. The van der Waals surface area contributed by atoms with Gasteiger partial charge in [-0.15, -0.1) is 6.58 Å². The molecule has 1 saturated heterocycles. The van der Waals surface area contributed by atoms with Crippen molar-refractivity contribution in [1.82, 2.24) is 24.8 Å². The van der Waals surface area contributed by atoms with Gasteiger partial charge in [0.25, 0.3) is 11.5 Å².